The number of benzene rings is 2. The quantitative estimate of drug-likeness (QED) is 0.513. The van der Waals surface area contributed by atoms with Crippen LogP contribution < -0.4 is 15.4 Å². The van der Waals surface area contributed by atoms with Gasteiger partial charge in [0.05, 0.1) is 24.9 Å². The van der Waals surface area contributed by atoms with E-state index in [0.717, 1.165) is 16.0 Å². The summed E-state index contributed by atoms with van der Waals surface area (Å²) in [7, 11) is 1.53. The van der Waals surface area contributed by atoms with Crippen LogP contribution in [0.25, 0.3) is 0 Å². The van der Waals surface area contributed by atoms with Crippen molar-refractivity contribution in [1.29, 1.82) is 0 Å². The summed E-state index contributed by atoms with van der Waals surface area (Å²) in [6, 6.07) is 12.9. The molecule has 2 N–H and O–H groups in total. The Kier molecular flexibility index (Phi) is 6.90. The molecule has 1 amide bonds. The van der Waals surface area contributed by atoms with Crippen molar-refractivity contribution in [3.63, 3.8) is 0 Å². The minimum Gasteiger partial charge on any atom is -0.495 e. The number of ether oxygens (including phenoxy) is 1. The Morgan fingerprint density at radius 2 is 1.93 bits per heavy atom. The first-order valence-electron chi connectivity index (χ1n) is 9.09. The van der Waals surface area contributed by atoms with Crippen LogP contribution in [0.4, 0.5) is 10.1 Å². The predicted molar refractivity (Wildman–Crippen MR) is 117 cm³/mol. The van der Waals surface area contributed by atoms with Crippen molar-refractivity contribution in [2.24, 2.45) is 0 Å². The molecule has 7 heteroatoms. The normalized spacial score (nSPS) is 13.0. The molecule has 0 radical (unpaired) electrons. The molecule has 1 aromatic heterocycles. The number of amides is 1. The van der Waals surface area contributed by atoms with Crippen LogP contribution >= 0.6 is 22.9 Å². The number of rotatable bonds is 7. The molecular formula is C22H22ClFN2O2S. The molecule has 0 fully saturated rings. The first-order valence-corrected chi connectivity index (χ1v) is 10.3. The van der Waals surface area contributed by atoms with Crippen LogP contribution in [-0.4, -0.2) is 19.1 Å². The van der Waals surface area contributed by atoms with Crippen molar-refractivity contribution < 1.29 is 13.9 Å². The highest BCUT2D eigenvalue weighted by atomic mass is 35.5. The molecule has 3 aromatic rings. The summed E-state index contributed by atoms with van der Waals surface area (Å²) in [5.41, 5.74) is 2.28. The fraction of sp³-hybridized carbons (Fsp3) is 0.227. The lowest BCUT2D eigenvalue weighted by Gasteiger charge is -2.23. The number of carbonyl (C=O) groups excluding carboxylic acids is 1. The summed E-state index contributed by atoms with van der Waals surface area (Å²) in [6.45, 7) is 3.65. The van der Waals surface area contributed by atoms with E-state index < -0.39 is 6.04 Å². The zero-order valence-corrected chi connectivity index (χ0v) is 17.9. The molecule has 4 nitrogen and oxygen atoms in total. The van der Waals surface area contributed by atoms with Crippen molar-refractivity contribution >= 4 is 34.5 Å². The van der Waals surface area contributed by atoms with Crippen LogP contribution in [0.2, 0.25) is 5.02 Å². The molecule has 0 aliphatic carbocycles. The maximum Gasteiger partial charge on any atom is 0.241 e. The van der Waals surface area contributed by atoms with E-state index in [0.29, 0.717) is 16.5 Å². The van der Waals surface area contributed by atoms with Crippen LogP contribution in [0.15, 0.2) is 53.9 Å². The topological polar surface area (TPSA) is 50.4 Å². The summed E-state index contributed by atoms with van der Waals surface area (Å²) in [5, 5.41) is 8.79. The number of methoxy groups -OCH3 is 1. The van der Waals surface area contributed by atoms with Crippen LogP contribution in [0.5, 0.6) is 5.75 Å². The van der Waals surface area contributed by atoms with E-state index in [9.17, 15) is 9.18 Å². The van der Waals surface area contributed by atoms with E-state index in [1.165, 1.54) is 19.2 Å². The molecule has 0 spiro atoms. The standard InChI is InChI=1S/C22H22ClFN2O2S/c1-13-11-18(19(28-3)12-17(13)23)26-22(27)14(2)25-21(20-5-4-10-29-20)15-6-8-16(24)9-7-15/h4-12,14,21,25H,1-3H3,(H,26,27)/t14-,21+/m0/s1. The molecule has 0 saturated carbocycles. The fourth-order valence-corrected chi connectivity index (χ4v) is 3.92. The van der Waals surface area contributed by atoms with E-state index in [1.807, 2.05) is 24.4 Å². The van der Waals surface area contributed by atoms with Gasteiger partial charge in [-0.1, -0.05) is 29.8 Å². The van der Waals surface area contributed by atoms with Crippen molar-refractivity contribution in [2.75, 3.05) is 12.4 Å². The first kappa shape index (κ1) is 21.3. The third-order valence-corrected chi connectivity index (χ3v) is 5.92. The van der Waals surface area contributed by atoms with Gasteiger partial charge in [-0.25, -0.2) is 4.39 Å². The summed E-state index contributed by atoms with van der Waals surface area (Å²) >= 11 is 7.71. The predicted octanol–water partition coefficient (Wildman–Crippen LogP) is 5.56. The average Bonchev–Trinajstić information content (AvgIpc) is 3.23. The summed E-state index contributed by atoms with van der Waals surface area (Å²) in [5.74, 6) is -0.0159. The molecular weight excluding hydrogens is 411 g/mol. The number of thiophene rings is 1. The second-order valence-corrected chi connectivity index (χ2v) is 8.07. The fourth-order valence-electron chi connectivity index (χ4n) is 2.95. The second-order valence-electron chi connectivity index (χ2n) is 6.68. The summed E-state index contributed by atoms with van der Waals surface area (Å²) in [4.78, 5) is 13.9. The van der Waals surface area contributed by atoms with E-state index in [2.05, 4.69) is 10.6 Å². The third kappa shape index (κ3) is 5.15. The molecule has 2 atom stereocenters. The molecule has 2 aromatic carbocycles. The summed E-state index contributed by atoms with van der Waals surface area (Å²) in [6.07, 6.45) is 0. The molecule has 152 valence electrons. The molecule has 0 aliphatic rings. The van der Waals surface area contributed by atoms with E-state index in [-0.39, 0.29) is 17.8 Å². The Hall–Kier alpha value is -2.41. The highest BCUT2D eigenvalue weighted by molar-refractivity contribution is 7.10. The number of aryl methyl sites for hydroxylation is 1. The van der Waals surface area contributed by atoms with Crippen LogP contribution in [0.3, 0.4) is 0 Å². The zero-order valence-electron chi connectivity index (χ0n) is 16.3. The van der Waals surface area contributed by atoms with Gasteiger partial charge in [-0.2, -0.15) is 0 Å². The lowest BCUT2D eigenvalue weighted by Crippen LogP contribution is -2.40. The smallest absolute Gasteiger partial charge is 0.241 e. The molecule has 29 heavy (non-hydrogen) atoms. The Labute approximate surface area is 178 Å². The van der Waals surface area contributed by atoms with Gasteiger partial charge in [0.25, 0.3) is 0 Å². The molecule has 1 heterocycles. The van der Waals surface area contributed by atoms with Crippen molar-refractivity contribution in [2.45, 2.75) is 25.9 Å². The van der Waals surface area contributed by atoms with Gasteiger partial charge in [-0.15, -0.1) is 11.3 Å². The molecule has 3 rings (SSSR count). The Morgan fingerprint density at radius 3 is 2.55 bits per heavy atom. The van der Waals surface area contributed by atoms with Gasteiger partial charge in [0, 0.05) is 16.0 Å². The Balaban J connectivity index is 1.79. The Morgan fingerprint density at radius 1 is 1.21 bits per heavy atom. The minimum atomic E-state index is -0.521. The second kappa shape index (κ2) is 9.39. The minimum absolute atomic E-state index is 0.214. The SMILES string of the molecule is COc1cc(Cl)c(C)cc1NC(=O)[C@H](C)N[C@H](c1ccc(F)cc1)c1cccs1. The van der Waals surface area contributed by atoms with Gasteiger partial charge in [-0.05, 0) is 54.6 Å². The maximum atomic E-state index is 13.4. The highest BCUT2D eigenvalue weighted by Gasteiger charge is 2.22. The number of halogens is 2. The van der Waals surface area contributed by atoms with Crippen LogP contribution in [0.1, 0.15) is 29.0 Å². The van der Waals surface area contributed by atoms with Gasteiger partial charge in [-0.3, -0.25) is 10.1 Å². The van der Waals surface area contributed by atoms with E-state index in [4.69, 9.17) is 16.3 Å². The lowest BCUT2D eigenvalue weighted by atomic mass is 10.0. The van der Waals surface area contributed by atoms with Gasteiger partial charge in [0.15, 0.2) is 0 Å². The number of anilines is 1. The summed E-state index contributed by atoms with van der Waals surface area (Å²) < 4.78 is 18.7. The van der Waals surface area contributed by atoms with Crippen LogP contribution in [-0.2, 0) is 4.79 Å². The van der Waals surface area contributed by atoms with Crippen molar-refractivity contribution in [1.82, 2.24) is 5.32 Å². The third-order valence-electron chi connectivity index (χ3n) is 4.58. The molecule has 0 unspecified atom stereocenters. The highest BCUT2D eigenvalue weighted by Crippen LogP contribution is 2.31. The Bertz CT molecular complexity index is 977. The van der Waals surface area contributed by atoms with E-state index in [1.54, 1.807) is 42.5 Å². The van der Waals surface area contributed by atoms with Crippen molar-refractivity contribution in [3.05, 3.63) is 80.8 Å². The lowest BCUT2D eigenvalue weighted by molar-refractivity contribution is -0.117. The molecule has 0 aliphatic heterocycles. The number of carbonyl (C=O) groups is 1. The van der Waals surface area contributed by atoms with E-state index >= 15 is 0 Å². The van der Waals surface area contributed by atoms with Gasteiger partial charge >= 0.3 is 0 Å². The first-order chi connectivity index (χ1) is 13.9. The van der Waals surface area contributed by atoms with Crippen LogP contribution in [0, 0.1) is 12.7 Å². The van der Waals surface area contributed by atoms with Gasteiger partial charge in [0.2, 0.25) is 5.91 Å². The number of hydrogen-bond acceptors (Lipinski definition) is 4. The monoisotopic (exact) mass is 432 g/mol. The number of hydrogen-bond donors (Lipinski definition) is 2. The van der Waals surface area contributed by atoms with Gasteiger partial charge < -0.3 is 10.1 Å². The number of nitrogens with one attached hydrogen (secondary N) is 2. The maximum absolute atomic E-state index is 13.4. The van der Waals surface area contributed by atoms with Gasteiger partial charge in [0.1, 0.15) is 11.6 Å². The largest absolute Gasteiger partial charge is 0.495 e. The molecule has 0 saturated heterocycles. The zero-order chi connectivity index (χ0) is 21.0. The molecule has 0 bridgehead atoms. The van der Waals surface area contributed by atoms with Crippen molar-refractivity contribution in [3.8, 4) is 5.75 Å². The average molecular weight is 433 g/mol.